The first-order valence-corrected chi connectivity index (χ1v) is 10.0. The number of halogens is 1. The van der Waals surface area contributed by atoms with Crippen LogP contribution in [0, 0.1) is 17.1 Å². The van der Waals surface area contributed by atoms with E-state index in [1.165, 1.54) is 25.1 Å². The molecule has 0 aliphatic heterocycles. The molecule has 1 atom stereocenters. The van der Waals surface area contributed by atoms with E-state index in [2.05, 4.69) is 21.4 Å². The number of ether oxygens (including phenoxy) is 1. The Kier molecular flexibility index (Phi) is 5.87. The average molecular weight is 442 g/mol. The van der Waals surface area contributed by atoms with Crippen LogP contribution in [0.1, 0.15) is 12.5 Å². The number of carboxylic acids is 1. The van der Waals surface area contributed by atoms with Gasteiger partial charge in [0.25, 0.3) is 0 Å². The van der Waals surface area contributed by atoms with Crippen LogP contribution in [0.15, 0.2) is 60.9 Å². The highest BCUT2D eigenvalue weighted by atomic mass is 19.1. The first-order chi connectivity index (χ1) is 15.9. The van der Waals surface area contributed by atoms with Crippen LogP contribution < -0.4 is 10.1 Å². The van der Waals surface area contributed by atoms with E-state index in [-0.39, 0.29) is 11.3 Å². The molecule has 164 valence electrons. The summed E-state index contributed by atoms with van der Waals surface area (Å²) >= 11 is 0. The third-order valence-corrected chi connectivity index (χ3v) is 5.26. The molecule has 0 unspecified atom stereocenters. The van der Waals surface area contributed by atoms with Crippen molar-refractivity contribution in [3.05, 3.63) is 72.3 Å². The van der Waals surface area contributed by atoms with Gasteiger partial charge in [-0.25, -0.2) is 9.37 Å². The van der Waals surface area contributed by atoms with Crippen molar-refractivity contribution in [1.82, 2.24) is 9.97 Å². The Bertz CT molecular complexity index is 1400. The standard InChI is InChI=1S/C25H19FN4O3/c1-14(25(31)32)29-24-18-11-17(26)7-8-21(18)30-23(19(24)12-27)16-5-3-15(4-6-16)20-13-28-10-9-22(20)33-2/h3-11,13-14H,1-2H3,(H,29,30)(H,31,32)/t14-/m1/s1. The summed E-state index contributed by atoms with van der Waals surface area (Å²) in [4.78, 5) is 20.2. The minimum Gasteiger partial charge on any atom is -0.496 e. The second kappa shape index (κ2) is 8.93. The van der Waals surface area contributed by atoms with Crippen molar-refractivity contribution in [2.75, 3.05) is 12.4 Å². The molecule has 0 spiro atoms. The summed E-state index contributed by atoms with van der Waals surface area (Å²) in [6.45, 7) is 1.45. The van der Waals surface area contributed by atoms with E-state index in [0.717, 1.165) is 11.1 Å². The summed E-state index contributed by atoms with van der Waals surface area (Å²) < 4.78 is 19.4. The largest absolute Gasteiger partial charge is 0.496 e. The number of fused-ring (bicyclic) bond motifs is 1. The van der Waals surface area contributed by atoms with E-state index in [0.29, 0.717) is 27.9 Å². The fourth-order valence-electron chi connectivity index (χ4n) is 3.57. The molecule has 0 saturated carbocycles. The van der Waals surface area contributed by atoms with Crippen LogP contribution in [0.3, 0.4) is 0 Å². The molecule has 0 fully saturated rings. The minimum atomic E-state index is -1.10. The highest BCUT2D eigenvalue weighted by Gasteiger charge is 2.21. The van der Waals surface area contributed by atoms with Gasteiger partial charge in [-0.3, -0.25) is 9.78 Å². The molecule has 8 heteroatoms. The van der Waals surface area contributed by atoms with E-state index >= 15 is 0 Å². The van der Waals surface area contributed by atoms with Crippen LogP contribution in [0.5, 0.6) is 5.75 Å². The molecule has 2 aromatic carbocycles. The Morgan fingerprint density at radius 2 is 1.91 bits per heavy atom. The van der Waals surface area contributed by atoms with Crippen molar-refractivity contribution < 1.29 is 19.0 Å². The Morgan fingerprint density at radius 1 is 1.18 bits per heavy atom. The smallest absolute Gasteiger partial charge is 0.325 e. The number of carboxylic acid groups (broad SMARTS) is 1. The molecule has 2 aromatic heterocycles. The number of nitrogens with one attached hydrogen (secondary N) is 1. The molecule has 33 heavy (non-hydrogen) atoms. The highest BCUT2D eigenvalue weighted by Crippen LogP contribution is 2.36. The highest BCUT2D eigenvalue weighted by molar-refractivity contribution is 5.99. The lowest BCUT2D eigenvalue weighted by Gasteiger charge is -2.17. The third-order valence-electron chi connectivity index (χ3n) is 5.26. The van der Waals surface area contributed by atoms with Gasteiger partial charge in [-0.05, 0) is 36.8 Å². The molecule has 0 bridgehead atoms. The van der Waals surface area contributed by atoms with Crippen molar-refractivity contribution in [2.45, 2.75) is 13.0 Å². The Morgan fingerprint density at radius 3 is 2.58 bits per heavy atom. The van der Waals surface area contributed by atoms with Gasteiger partial charge in [-0.1, -0.05) is 24.3 Å². The van der Waals surface area contributed by atoms with Gasteiger partial charge in [0.05, 0.1) is 24.0 Å². The molecule has 0 amide bonds. The zero-order valence-corrected chi connectivity index (χ0v) is 17.8. The predicted octanol–water partition coefficient (Wildman–Crippen LogP) is 4.87. The van der Waals surface area contributed by atoms with Gasteiger partial charge in [-0.15, -0.1) is 0 Å². The first-order valence-electron chi connectivity index (χ1n) is 10.0. The maximum atomic E-state index is 14.0. The van der Waals surface area contributed by atoms with Gasteiger partial charge in [0.2, 0.25) is 0 Å². The molecule has 0 aliphatic rings. The first kappa shape index (κ1) is 21.7. The summed E-state index contributed by atoms with van der Waals surface area (Å²) in [5.41, 5.74) is 3.48. The maximum absolute atomic E-state index is 14.0. The summed E-state index contributed by atoms with van der Waals surface area (Å²) in [6, 6.07) is 14.2. The van der Waals surface area contributed by atoms with E-state index in [9.17, 15) is 19.6 Å². The molecule has 2 N–H and O–H groups in total. The average Bonchev–Trinajstić information content (AvgIpc) is 2.84. The molecular weight excluding hydrogens is 423 g/mol. The van der Waals surface area contributed by atoms with E-state index in [1.807, 2.05) is 24.3 Å². The van der Waals surface area contributed by atoms with Gasteiger partial charge >= 0.3 is 5.97 Å². The van der Waals surface area contributed by atoms with Crippen LogP contribution in [0.2, 0.25) is 0 Å². The molecule has 0 radical (unpaired) electrons. The predicted molar refractivity (Wildman–Crippen MR) is 122 cm³/mol. The number of nitriles is 1. The number of pyridine rings is 2. The zero-order chi connectivity index (χ0) is 23.5. The van der Waals surface area contributed by atoms with Gasteiger partial charge in [0.1, 0.15) is 29.2 Å². The quantitative estimate of drug-likeness (QED) is 0.439. The number of rotatable bonds is 6. The lowest BCUT2D eigenvalue weighted by molar-refractivity contribution is -0.137. The second-order valence-corrected chi connectivity index (χ2v) is 7.34. The van der Waals surface area contributed by atoms with Gasteiger partial charge in [-0.2, -0.15) is 5.26 Å². The van der Waals surface area contributed by atoms with Crippen LogP contribution in [-0.2, 0) is 4.79 Å². The lowest BCUT2D eigenvalue weighted by atomic mass is 9.98. The number of benzene rings is 2. The fraction of sp³-hybridized carbons (Fsp3) is 0.120. The van der Waals surface area contributed by atoms with Crippen LogP contribution in [0.25, 0.3) is 33.3 Å². The lowest BCUT2D eigenvalue weighted by Crippen LogP contribution is -2.26. The maximum Gasteiger partial charge on any atom is 0.325 e. The minimum absolute atomic E-state index is 0.132. The Labute approximate surface area is 189 Å². The van der Waals surface area contributed by atoms with Crippen molar-refractivity contribution in [3.63, 3.8) is 0 Å². The summed E-state index contributed by atoms with van der Waals surface area (Å²) in [5, 5.41) is 22.5. The summed E-state index contributed by atoms with van der Waals surface area (Å²) in [6.07, 6.45) is 3.34. The van der Waals surface area contributed by atoms with Crippen LogP contribution in [0.4, 0.5) is 10.1 Å². The van der Waals surface area contributed by atoms with Crippen molar-refractivity contribution in [3.8, 4) is 34.2 Å². The van der Waals surface area contributed by atoms with Gasteiger partial charge in [0, 0.05) is 28.9 Å². The van der Waals surface area contributed by atoms with Crippen molar-refractivity contribution >= 4 is 22.6 Å². The zero-order valence-electron chi connectivity index (χ0n) is 17.8. The van der Waals surface area contributed by atoms with Gasteiger partial charge in [0.15, 0.2) is 0 Å². The molecule has 4 rings (SSSR count). The number of hydrogen-bond donors (Lipinski definition) is 2. The van der Waals surface area contributed by atoms with E-state index in [1.54, 1.807) is 25.6 Å². The molecule has 4 aromatic rings. The number of nitrogens with zero attached hydrogens (tertiary/aromatic N) is 3. The molecular formula is C25H19FN4O3. The summed E-state index contributed by atoms with van der Waals surface area (Å²) in [5.74, 6) is -0.936. The van der Waals surface area contributed by atoms with Crippen molar-refractivity contribution in [1.29, 1.82) is 5.26 Å². The molecule has 0 saturated heterocycles. The number of aromatic nitrogens is 2. The fourth-order valence-corrected chi connectivity index (χ4v) is 3.57. The topological polar surface area (TPSA) is 108 Å². The van der Waals surface area contributed by atoms with Crippen molar-refractivity contribution in [2.24, 2.45) is 0 Å². The molecule has 2 heterocycles. The number of aliphatic carboxylic acids is 1. The van der Waals surface area contributed by atoms with E-state index in [4.69, 9.17) is 4.74 Å². The number of anilines is 1. The van der Waals surface area contributed by atoms with Crippen LogP contribution in [-0.4, -0.2) is 34.2 Å². The second-order valence-electron chi connectivity index (χ2n) is 7.34. The molecule has 0 aliphatic carbocycles. The van der Waals surface area contributed by atoms with Gasteiger partial charge < -0.3 is 15.2 Å². The summed E-state index contributed by atoms with van der Waals surface area (Å²) in [7, 11) is 1.58. The normalized spacial score (nSPS) is 11.6. The third kappa shape index (κ3) is 4.16. The monoisotopic (exact) mass is 442 g/mol. The Balaban J connectivity index is 1.88. The number of carbonyl (C=O) groups is 1. The Hall–Kier alpha value is -4.51. The number of methoxy groups -OCH3 is 1. The molecule has 7 nitrogen and oxygen atoms in total. The SMILES string of the molecule is COc1ccncc1-c1ccc(-c2nc3ccc(F)cc3c(N[C@H](C)C(=O)O)c2C#N)cc1. The van der Waals surface area contributed by atoms with Crippen LogP contribution >= 0.6 is 0 Å². The number of hydrogen-bond acceptors (Lipinski definition) is 6. The van der Waals surface area contributed by atoms with E-state index < -0.39 is 17.8 Å².